The van der Waals surface area contributed by atoms with Gasteiger partial charge in [-0.05, 0) is 17.7 Å². The summed E-state index contributed by atoms with van der Waals surface area (Å²) >= 11 is 5.33. The molecule has 0 unspecified atom stereocenters. The number of nitrogens with one attached hydrogen (secondary N) is 3. The maximum Gasteiger partial charge on any atom is 0.155 e. The minimum absolute atomic E-state index is 0.365. The molecule has 1 aromatic heterocycles. The van der Waals surface area contributed by atoms with Crippen molar-refractivity contribution < 1.29 is 0 Å². The Morgan fingerprint density at radius 1 is 1.18 bits per heavy atom. The van der Waals surface area contributed by atoms with Gasteiger partial charge >= 0.3 is 0 Å². The number of aromatic nitrogens is 1. The summed E-state index contributed by atoms with van der Waals surface area (Å²) in [5, 5.41) is 18.7. The molecule has 2 aromatic rings. The molecule has 22 heavy (non-hydrogen) atoms. The zero-order valence-corrected chi connectivity index (χ0v) is 12.4. The molecule has 1 aliphatic heterocycles. The summed E-state index contributed by atoms with van der Waals surface area (Å²) in [6, 6.07) is 15.7. The van der Waals surface area contributed by atoms with Crippen molar-refractivity contribution in [3.05, 3.63) is 65.6 Å². The van der Waals surface area contributed by atoms with Crippen molar-refractivity contribution in [3.63, 3.8) is 0 Å². The third-order valence-electron chi connectivity index (χ3n) is 3.20. The van der Waals surface area contributed by atoms with Gasteiger partial charge in [-0.15, -0.1) is 0 Å². The fourth-order valence-corrected chi connectivity index (χ4v) is 2.32. The first-order valence-electron chi connectivity index (χ1n) is 6.73. The van der Waals surface area contributed by atoms with E-state index in [2.05, 4.69) is 27.0 Å². The molecular weight excluding hydrogens is 294 g/mol. The third-order valence-corrected chi connectivity index (χ3v) is 3.54. The molecule has 0 bridgehead atoms. The number of nitrogens with zero attached hydrogens (tertiary/aromatic N) is 2. The van der Waals surface area contributed by atoms with Gasteiger partial charge in [0.15, 0.2) is 5.82 Å². The molecule has 3 rings (SSSR count). The molecule has 1 aromatic carbocycles. The number of benzene rings is 1. The van der Waals surface area contributed by atoms with E-state index in [1.165, 1.54) is 0 Å². The number of anilines is 2. The van der Waals surface area contributed by atoms with Gasteiger partial charge < -0.3 is 16.0 Å². The monoisotopic (exact) mass is 307 g/mol. The van der Waals surface area contributed by atoms with Crippen molar-refractivity contribution >= 4 is 28.7 Å². The molecule has 0 radical (unpaired) electrons. The van der Waals surface area contributed by atoms with Crippen LogP contribution in [0.3, 0.4) is 0 Å². The van der Waals surface area contributed by atoms with Gasteiger partial charge in [-0.2, -0.15) is 5.26 Å². The summed E-state index contributed by atoms with van der Waals surface area (Å²) in [6.45, 7) is 0.573. The molecule has 0 saturated heterocycles. The van der Waals surface area contributed by atoms with Crippen molar-refractivity contribution in [1.29, 1.82) is 5.26 Å². The second-order valence-electron chi connectivity index (χ2n) is 4.68. The van der Waals surface area contributed by atoms with Crippen molar-refractivity contribution in [1.82, 2.24) is 10.3 Å². The summed E-state index contributed by atoms with van der Waals surface area (Å²) < 4.78 is 0. The van der Waals surface area contributed by atoms with Crippen LogP contribution in [0.2, 0.25) is 0 Å². The van der Waals surface area contributed by atoms with Crippen LogP contribution in [-0.2, 0) is 6.54 Å². The SMILES string of the molecule is N#C/C(C(=S)NCc1ccccc1)=C1/Nc2cccnc2N1. The lowest BCUT2D eigenvalue weighted by molar-refractivity contribution is 0.928. The van der Waals surface area contributed by atoms with Gasteiger partial charge in [0.05, 0.1) is 5.69 Å². The normalized spacial score (nSPS) is 14.1. The Bertz CT molecular complexity index is 750. The lowest BCUT2D eigenvalue weighted by Gasteiger charge is -2.09. The first-order chi connectivity index (χ1) is 10.8. The van der Waals surface area contributed by atoms with E-state index in [1.807, 2.05) is 42.5 Å². The first kappa shape index (κ1) is 14.0. The van der Waals surface area contributed by atoms with E-state index in [0.717, 1.165) is 11.3 Å². The minimum Gasteiger partial charge on any atom is -0.371 e. The molecule has 0 fully saturated rings. The summed E-state index contributed by atoms with van der Waals surface area (Å²) in [5.41, 5.74) is 2.30. The standard InChI is InChI=1S/C16H13N5S/c17-9-12(14-20-13-7-4-8-18-15(13)21-14)16(22)19-10-11-5-2-1-3-6-11/h1-8,20H,10H2,(H,18,21)(H,19,22)/b14-12+. The Morgan fingerprint density at radius 2 is 2.00 bits per heavy atom. The van der Waals surface area contributed by atoms with E-state index in [4.69, 9.17) is 12.2 Å². The minimum atomic E-state index is 0.365. The van der Waals surface area contributed by atoms with Gasteiger partial charge in [0, 0.05) is 12.7 Å². The average molecular weight is 307 g/mol. The van der Waals surface area contributed by atoms with Gasteiger partial charge in [-0.3, -0.25) is 0 Å². The van der Waals surface area contributed by atoms with Crippen LogP contribution >= 0.6 is 12.2 Å². The molecule has 0 spiro atoms. The molecule has 0 atom stereocenters. The Morgan fingerprint density at radius 3 is 2.73 bits per heavy atom. The van der Waals surface area contributed by atoms with E-state index >= 15 is 0 Å². The largest absolute Gasteiger partial charge is 0.371 e. The Kier molecular flexibility index (Phi) is 3.99. The highest BCUT2D eigenvalue weighted by molar-refractivity contribution is 7.80. The molecule has 1 aliphatic rings. The summed E-state index contributed by atoms with van der Waals surface area (Å²) in [7, 11) is 0. The van der Waals surface area contributed by atoms with E-state index in [1.54, 1.807) is 6.20 Å². The molecule has 3 N–H and O–H groups in total. The van der Waals surface area contributed by atoms with Crippen LogP contribution in [-0.4, -0.2) is 9.97 Å². The fourth-order valence-electron chi connectivity index (χ4n) is 2.10. The highest BCUT2D eigenvalue weighted by Crippen LogP contribution is 2.28. The Hall–Kier alpha value is -2.91. The van der Waals surface area contributed by atoms with Gasteiger partial charge in [0.2, 0.25) is 0 Å². The zero-order valence-electron chi connectivity index (χ0n) is 11.6. The molecule has 0 saturated carbocycles. The molecule has 6 heteroatoms. The number of nitriles is 1. The van der Waals surface area contributed by atoms with E-state index in [0.29, 0.717) is 28.7 Å². The number of hydrogen-bond donors (Lipinski definition) is 3. The first-order valence-corrected chi connectivity index (χ1v) is 7.14. The fraction of sp³-hybridized carbons (Fsp3) is 0.0625. The zero-order chi connectivity index (χ0) is 15.4. The van der Waals surface area contributed by atoms with Gasteiger partial charge in [-0.1, -0.05) is 42.5 Å². The van der Waals surface area contributed by atoms with E-state index in [9.17, 15) is 5.26 Å². The summed E-state index contributed by atoms with van der Waals surface area (Å²) in [4.78, 5) is 4.60. The number of thiocarbonyl (C=S) groups is 1. The Balaban J connectivity index is 1.74. The Labute approximate surface area is 133 Å². The number of pyridine rings is 1. The lowest BCUT2D eigenvalue weighted by Crippen LogP contribution is -2.24. The molecule has 0 aliphatic carbocycles. The lowest BCUT2D eigenvalue weighted by atomic mass is 10.2. The number of rotatable bonds is 3. The van der Waals surface area contributed by atoms with Crippen LogP contribution in [0.25, 0.3) is 0 Å². The van der Waals surface area contributed by atoms with Crippen LogP contribution in [0.1, 0.15) is 5.56 Å². The van der Waals surface area contributed by atoms with Gasteiger partial charge in [0.25, 0.3) is 0 Å². The topological polar surface area (TPSA) is 72.8 Å². The predicted octanol–water partition coefficient (Wildman–Crippen LogP) is 2.77. The predicted molar refractivity (Wildman–Crippen MR) is 90.0 cm³/mol. The van der Waals surface area contributed by atoms with Crippen molar-refractivity contribution in [3.8, 4) is 6.07 Å². The van der Waals surface area contributed by atoms with E-state index < -0.39 is 0 Å². The summed E-state index contributed by atoms with van der Waals surface area (Å²) in [5.74, 6) is 1.25. The van der Waals surface area contributed by atoms with Crippen molar-refractivity contribution in [2.24, 2.45) is 0 Å². The van der Waals surface area contributed by atoms with Crippen LogP contribution in [0.4, 0.5) is 11.5 Å². The van der Waals surface area contributed by atoms with Gasteiger partial charge in [0.1, 0.15) is 22.5 Å². The number of fused-ring (bicyclic) bond motifs is 1. The van der Waals surface area contributed by atoms with E-state index in [-0.39, 0.29) is 0 Å². The highest BCUT2D eigenvalue weighted by atomic mass is 32.1. The maximum atomic E-state index is 9.40. The molecule has 5 nitrogen and oxygen atoms in total. The van der Waals surface area contributed by atoms with Gasteiger partial charge in [-0.25, -0.2) is 4.98 Å². The molecule has 108 valence electrons. The second-order valence-corrected chi connectivity index (χ2v) is 5.09. The van der Waals surface area contributed by atoms with Crippen molar-refractivity contribution in [2.75, 3.05) is 10.6 Å². The third kappa shape index (κ3) is 2.90. The maximum absolute atomic E-state index is 9.40. The van der Waals surface area contributed by atoms with Crippen LogP contribution in [0, 0.1) is 11.3 Å². The average Bonchev–Trinajstić information content (AvgIpc) is 2.98. The van der Waals surface area contributed by atoms with Crippen LogP contribution in [0.15, 0.2) is 60.1 Å². The summed E-state index contributed by atoms with van der Waals surface area (Å²) in [6.07, 6.45) is 1.69. The molecule has 0 amide bonds. The number of hydrogen-bond acceptors (Lipinski definition) is 5. The quantitative estimate of drug-likeness (QED) is 0.460. The molecule has 2 heterocycles. The second kappa shape index (κ2) is 6.24. The van der Waals surface area contributed by atoms with Crippen LogP contribution < -0.4 is 16.0 Å². The van der Waals surface area contributed by atoms with Crippen LogP contribution in [0.5, 0.6) is 0 Å². The smallest absolute Gasteiger partial charge is 0.155 e. The highest BCUT2D eigenvalue weighted by Gasteiger charge is 2.20. The molecular formula is C16H13N5S. The van der Waals surface area contributed by atoms with Crippen molar-refractivity contribution in [2.45, 2.75) is 6.54 Å².